The smallest absolute Gasteiger partial charge is 0.326 e. The van der Waals surface area contributed by atoms with E-state index in [-0.39, 0.29) is 17.7 Å². The number of carboxylic acid groups (broad SMARTS) is 1. The molecule has 0 aromatic heterocycles. The topological polar surface area (TPSA) is 66.4 Å². The molecule has 0 aliphatic carbocycles. The Morgan fingerprint density at radius 3 is 2.33 bits per heavy atom. The molecule has 0 saturated heterocycles. The number of hydrogen-bond acceptors (Lipinski definition) is 2. The molecule has 0 saturated carbocycles. The van der Waals surface area contributed by atoms with E-state index in [1.165, 1.54) is 6.08 Å². The molecule has 0 aromatic rings. The number of carbonyl (C=O) groups excluding carboxylic acids is 1. The van der Waals surface area contributed by atoms with Crippen LogP contribution in [0.1, 0.15) is 33.6 Å². The van der Waals surface area contributed by atoms with Gasteiger partial charge in [0, 0.05) is 6.42 Å². The molecule has 86 valence electrons. The normalized spacial score (nSPS) is 13.0. The number of carboxylic acids is 1. The van der Waals surface area contributed by atoms with Crippen LogP contribution in [0.2, 0.25) is 0 Å². The van der Waals surface area contributed by atoms with Crippen molar-refractivity contribution >= 4 is 11.9 Å². The van der Waals surface area contributed by atoms with Crippen molar-refractivity contribution in [2.75, 3.05) is 0 Å². The zero-order chi connectivity index (χ0) is 12.1. The zero-order valence-corrected chi connectivity index (χ0v) is 9.54. The van der Waals surface area contributed by atoms with Crippen LogP contribution in [0.3, 0.4) is 0 Å². The molecular formula is C11H19NO3. The van der Waals surface area contributed by atoms with Gasteiger partial charge >= 0.3 is 5.97 Å². The van der Waals surface area contributed by atoms with Crippen molar-refractivity contribution in [3.8, 4) is 0 Å². The first-order chi connectivity index (χ1) is 6.76. The summed E-state index contributed by atoms with van der Waals surface area (Å²) in [5.74, 6) is -1.27. The average Bonchev–Trinajstić information content (AvgIpc) is 1.99. The lowest BCUT2D eigenvalue weighted by atomic mass is 9.92. The van der Waals surface area contributed by atoms with Gasteiger partial charge in [0.15, 0.2) is 0 Å². The molecule has 0 aliphatic rings. The van der Waals surface area contributed by atoms with E-state index >= 15 is 0 Å². The summed E-state index contributed by atoms with van der Waals surface area (Å²) in [6.07, 6.45) is 2.04. The van der Waals surface area contributed by atoms with E-state index in [4.69, 9.17) is 5.11 Å². The number of amides is 1. The minimum Gasteiger partial charge on any atom is -0.480 e. The Labute approximate surface area is 90.4 Å². The highest BCUT2D eigenvalue weighted by molar-refractivity contribution is 5.83. The SMILES string of the molecule is C=CCC(NC(=O)CC(C)(C)C)C(=O)O. The number of rotatable bonds is 5. The Morgan fingerprint density at radius 2 is 2.00 bits per heavy atom. The molecular weight excluding hydrogens is 194 g/mol. The molecule has 0 spiro atoms. The highest BCUT2D eigenvalue weighted by atomic mass is 16.4. The van der Waals surface area contributed by atoms with Gasteiger partial charge in [-0.1, -0.05) is 26.8 Å². The van der Waals surface area contributed by atoms with Crippen molar-refractivity contribution in [3.63, 3.8) is 0 Å². The summed E-state index contributed by atoms with van der Waals surface area (Å²) in [6.45, 7) is 9.23. The molecule has 4 nitrogen and oxygen atoms in total. The van der Waals surface area contributed by atoms with Crippen LogP contribution in [0.4, 0.5) is 0 Å². The van der Waals surface area contributed by atoms with Crippen LogP contribution in [0, 0.1) is 5.41 Å². The van der Waals surface area contributed by atoms with Gasteiger partial charge in [-0.05, 0) is 11.8 Å². The van der Waals surface area contributed by atoms with Crippen molar-refractivity contribution in [3.05, 3.63) is 12.7 Å². The Kier molecular flexibility index (Phi) is 5.05. The van der Waals surface area contributed by atoms with Crippen LogP contribution in [0.5, 0.6) is 0 Å². The zero-order valence-electron chi connectivity index (χ0n) is 9.54. The van der Waals surface area contributed by atoms with Gasteiger partial charge in [0.2, 0.25) is 5.91 Å². The molecule has 0 radical (unpaired) electrons. The van der Waals surface area contributed by atoms with Crippen LogP contribution in [-0.2, 0) is 9.59 Å². The Morgan fingerprint density at radius 1 is 1.47 bits per heavy atom. The highest BCUT2D eigenvalue weighted by Crippen LogP contribution is 2.18. The first kappa shape index (κ1) is 13.7. The summed E-state index contributed by atoms with van der Waals surface area (Å²) in [5, 5.41) is 11.3. The largest absolute Gasteiger partial charge is 0.480 e. The quantitative estimate of drug-likeness (QED) is 0.681. The molecule has 1 atom stereocenters. The fraction of sp³-hybridized carbons (Fsp3) is 0.636. The molecule has 1 unspecified atom stereocenters. The van der Waals surface area contributed by atoms with E-state index in [0.29, 0.717) is 6.42 Å². The fourth-order valence-corrected chi connectivity index (χ4v) is 1.12. The Hall–Kier alpha value is -1.32. The number of hydrogen-bond donors (Lipinski definition) is 2. The van der Waals surface area contributed by atoms with E-state index in [2.05, 4.69) is 11.9 Å². The lowest BCUT2D eigenvalue weighted by Crippen LogP contribution is -2.41. The predicted octanol–water partition coefficient (Wildman–Crippen LogP) is 1.57. The molecule has 0 aliphatic heterocycles. The summed E-state index contributed by atoms with van der Waals surface area (Å²) < 4.78 is 0. The fourth-order valence-electron chi connectivity index (χ4n) is 1.12. The van der Waals surface area contributed by atoms with Gasteiger partial charge in [-0.3, -0.25) is 4.79 Å². The maximum Gasteiger partial charge on any atom is 0.326 e. The van der Waals surface area contributed by atoms with Crippen molar-refractivity contribution in [1.29, 1.82) is 0 Å². The summed E-state index contributed by atoms with van der Waals surface area (Å²) in [6, 6.07) is -0.864. The molecule has 0 bridgehead atoms. The van der Waals surface area contributed by atoms with E-state index in [9.17, 15) is 9.59 Å². The minimum absolute atomic E-state index is 0.138. The van der Waals surface area contributed by atoms with E-state index in [1.54, 1.807) is 0 Å². The van der Waals surface area contributed by atoms with Crippen LogP contribution in [-0.4, -0.2) is 23.0 Å². The van der Waals surface area contributed by atoms with Crippen LogP contribution >= 0.6 is 0 Å². The number of nitrogens with one attached hydrogen (secondary N) is 1. The van der Waals surface area contributed by atoms with Crippen LogP contribution < -0.4 is 5.32 Å². The van der Waals surface area contributed by atoms with Crippen molar-refractivity contribution in [1.82, 2.24) is 5.32 Å². The van der Waals surface area contributed by atoms with Crippen LogP contribution in [0.25, 0.3) is 0 Å². The second kappa shape index (κ2) is 5.53. The summed E-state index contributed by atoms with van der Waals surface area (Å²) in [5.41, 5.74) is -0.138. The molecule has 0 aromatic carbocycles. The first-order valence-corrected chi connectivity index (χ1v) is 4.89. The van der Waals surface area contributed by atoms with Gasteiger partial charge in [0.25, 0.3) is 0 Å². The summed E-state index contributed by atoms with van der Waals surface area (Å²) in [4.78, 5) is 22.2. The highest BCUT2D eigenvalue weighted by Gasteiger charge is 2.21. The predicted molar refractivity (Wildman–Crippen MR) is 58.5 cm³/mol. The molecule has 0 rings (SSSR count). The van der Waals surface area contributed by atoms with Crippen molar-refractivity contribution < 1.29 is 14.7 Å². The molecule has 0 heterocycles. The van der Waals surface area contributed by atoms with Gasteiger partial charge in [-0.2, -0.15) is 0 Å². The minimum atomic E-state index is -1.03. The van der Waals surface area contributed by atoms with E-state index in [1.807, 2.05) is 20.8 Å². The third kappa shape index (κ3) is 6.71. The third-order valence-electron chi connectivity index (χ3n) is 1.73. The lowest BCUT2D eigenvalue weighted by molar-refractivity contribution is -0.142. The number of carbonyl (C=O) groups is 2. The maximum absolute atomic E-state index is 11.4. The molecule has 2 N–H and O–H groups in total. The first-order valence-electron chi connectivity index (χ1n) is 4.89. The molecule has 4 heteroatoms. The van der Waals surface area contributed by atoms with Crippen LogP contribution in [0.15, 0.2) is 12.7 Å². The standard InChI is InChI=1S/C11H19NO3/c1-5-6-8(10(14)15)12-9(13)7-11(2,3)4/h5,8H,1,6-7H2,2-4H3,(H,12,13)(H,14,15). The van der Waals surface area contributed by atoms with Gasteiger partial charge in [-0.25, -0.2) is 4.79 Å². The van der Waals surface area contributed by atoms with Crippen molar-refractivity contribution in [2.45, 2.75) is 39.7 Å². The van der Waals surface area contributed by atoms with Gasteiger partial charge < -0.3 is 10.4 Å². The van der Waals surface area contributed by atoms with Gasteiger partial charge in [0.05, 0.1) is 0 Å². The summed E-state index contributed by atoms with van der Waals surface area (Å²) in [7, 11) is 0. The Balaban J connectivity index is 4.23. The third-order valence-corrected chi connectivity index (χ3v) is 1.73. The second-order valence-electron chi connectivity index (χ2n) is 4.72. The van der Waals surface area contributed by atoms with E-state index < -0.39 is 12.0 Å². The average molecular weight is 213 g/mol. The number of aliphatic carboxylic acids is 1. The monoisotopic (exact) mass is 213 g/mol. The van der Waals surface area contributed by atoms with Gasteiger partial charge in [0.1, 0.15) is 6.04 Å². The summed E-state index contributed by atoms with van der Waals surface area (Å²) >= 11 is 0. The lowest BCUT2D eigenvalue weighted by Gasteiger charge is -2.19. The van der Waals surface area contributed by atoms with E-state index in [0.717, 1.165) is 0 Å². The maximum atomic E-state index is 11.4. The molecule has 1 amide bonds. The molecule has 0 fully saturated rings. The second-order valence-corrected chi connectivity index (χ2v) is 4.72. The Bertz CT molecular complexity index is 253. The van der Waals surface area contributed by atoms with Crippen molar-refractivity contribution in [2.24, 2.45) is 5.41 Å². The molecule has 15 heavy (non-hydrogen) atoms. The van der Waals surface area contributed by atoms with Gasteiger partial charge in [-0.15, -0.1) is 6.58 Å².